The van der Waals surface area contributed by atoms with E-state index in [1.807, 2.05) is 0 Å². The summed E-state index contributed by atoms with van der Waals surface area (Å²) in [5.41, 5.74) is 13.2. The van der Waals surface area contributed by atoms with Crippen molar-refractivity contribution in [3.63, 3.8) is 0 Å². The van der Waals surface area contributed by atoms with E-state index in [9.17, 15) is 0 Å². The Morgan fingerprint density at radius 2 is 1.67 bits per heavy atom. The second-order valence-corrected chi connectivity index (χ2v) is 9.18. The minimum Gasteiger partial charge on any atom is -0.497 e. The van der Waals surface area contributed by atoms with Crippen molar-refractivity contribution >= 4 is 11.1 Å². The standard InChI is InChI=1S/C31H34O2/c1-19(2)26-10-8-9-20(3)27(26)18-29-21(4)28(23-11-14-25(32-6)15-12-23)17-24-13-16-30(33-7)22(5)31(24)29/h8-16,28H,1,17-18H2,2-7H3. The molecule has 0 N–H and O–H groups in total. The Hall–Kier alpha value is -3.26. The van der Waals surface area contributed by atoms with Crippen LogP contribution < -0.4 is 9.47 Å². The first-order chi connectivity index (χ1) is 15.8. The third-order valence-electron chi connectivity index (χ3n) is 7.19. The first-order valence-corrected chi connectivity index (χ1v) is 11.6. The van der Waals surface area contributed by atoms with E-state index in [0.717, 1.165) is 29.9 Å². The molecule has 170 valence electrons. The Morgan fingerprint density at radius 3 is 2.30 bits per heavy atom. The smallest absolute Gasteiger partial charge is 0.122 e. The molecule has 3 aromatic carbocycles. The van der Waals surface area contributed by atoms with Gasteiger partial charge in [0.2, 0.25) is 0 Å². The van der Waals surface area contributed by atoms with E-state index in [4.69, 9.17) is 9.47 Å². The van der Waals surface area contributed by atoms with Crippen LogP contribution in [0.2, 0.25) is 0 Å². The summed E-state index contributed by atoms with van der Waals surface area (Å²) in [5.74, 6) is 2.18. The molecule has 33 heavy (non-hydrogen) atoms. The number of benzene rings is 3. The van der Waals surface area contributed by atoms with Crippen molar-refractivity contribution in [2.45, 2.75) is 46.5 Å². The molecule has 0 fully saturated rings. The average Bonchev–Trinajstić information content (AvgIpc) is 2.81. The van der Waals surface area contributed by atoms with Crippen LogP contribution in [0.1, 0.15) is 58.7 Å². The van der Waals surface area contributed by atoms with Crippen LogP contribution in [0.5, 0.6) is 11.5 Å². The number of allylic oxidation sites excluding steroid dienone is 3. The molecule has 0 saturated carbocycles. The van der Waals surface area contributed by atoms with Crippen molar-refractivity contribution in [2.75, 3.05) is 14.2 Å². The normalized spacial score (nSPS) is 15.3. The molecule has 1 unspecified atom stereocenters. The summed E-state index contributed by atoms with van der Waals surface area (Å²) in [6.45, 7) is 13.1. The van der Waals surface area contributed by atoms with Gasteiger partial charge in [-0.3, -0.25) is 0 Å². The van der Waals surface area contributed by atoms with Crippen molar-refractivity contribution in [2.24, 2.45) is 0 Å². The molecule has 0 aliphatic heterocycles. The van der Waals surface area contributed by atoms with E-state index in [0.29, 0.717) is 5.92 Å². The summed E-state index contributed by atoms with van der Waals surface area (Å²) >= 11 is 0. The fourth-order valence-electron chi connectivity index (χ4n) is 5.29. The van der Waals surface area contributed by atoms with Crippen LogP contribution >= 0.6 is 0 Å². The summed E-state index contributed by atoms with van der Waals surface area (Å²) in [6, 6.07) is 19.5. The zero-order valence-electron chi connectivity index (χ0n) is 20.7. The summed E-state index contributed by atoms with van der Waals surface area (Å²) < 4.78 is 11.1. The molecule has 1 aliphatic rings. The maximum atomic E-state index is 5.72. The quantitative estimate of drug-likeness (QED) is 0.392. The molecular weight excluding hydrogens is 404 g/mol. The van der Waals surface area contributed by atoms with Crippen LogP contribution in [0, 0.1) is 13.8 Å². The zero-order chi connectivity index (χ0) is 23.7. The van der Waals surface area contributed by atoms with Gasteiger partial charge in [-0.1, -0.05) is 54.1 Å². The van der Waals surface area contributed by atoms with E-state index in [1.165, 1.54) is 50.1 Å². The first-order valence-electron chi connectivity index (χ1n) is 11.6. The third kappa shape index (κ3) is 4.23. The molecule has 4 rings (SSSR count). The summed E-state index contributed by atoms with van der Waals surface area (Å²) in [5, 5.41) is 0. The van der Waals surface area contributed by atoms with Gasteiger partial charge in [-0.05, 0) is 103 Å². The van der Waals surface area contributed by atoms with E-state index in [2.05, 4.69) is 88.9 Å². The van der Waals surface area contributed by atoms with E-state index in [-0.39, 0.29) is 0 Å². The molecule has 2 heteroatoms. The van der Waals surface area contributed by atoms with Crippen molar-refractivity contribution in [3.05, 3.63) is 106 Å². The van der Waals surface area contributed by atoms with E-state index in [1.54, 1.807) is 14.2 Å². The van der Waals surface area contributed by atoms with Crippen LogP contribution in [0.4, 0.5) is 0 Å². The largest absolute Gasteiger partial charge is 0.497 e. The minimum absolute atomic E-state index is 0.337. The molecule has 0 saturated heterocycles. The van der Waals surface area contributed by atoms with Crippen LogP contribution in [0.3, 0.4) is 0 Å². The van der Waals surface area contributed by atoms with Crippen LogP contribution in [0.15, 0.2) is 66.7 Å². The van der Waals surface area contributed by atoms with Gasteiger partial charge in [0.05, 0.1) is 14.2 Å². The van der Waals surface area contributed by atoms with Crippen molar-refractivity contribution in [1.29, 1.82) is 0 Å². The Labute approximate surface area is 198 Å². The Bertz CT molecular complexity index is 1230. The zero-order valence-corrected chi connectivity index (χ0v) is 20.7. The monoisotopic (exact) mass is 438 g/mol. The molecule has 0 amide bonds. The van der Waals surface area contributed by atoms with Gasteiger partial charge in [0.25, 0.3) is 0 Å². The number of hydrogen-bond acceptors (Lipinski definition) is 2. The number of methoxy groups -OCH3 is 2. The highest BCUT2D eigenvalue weighted by Gasteiger charge is 2.29. The lowest BCUT2D eigenvalue weighted by molar-refractivity contribution is 0.411. The summed E-state index contributed by atoms with van der Waals surface area (Å²) in [7, 11) is 3.47. The van der Waals surface area contributed by atoms with Gasteiger partial charge in [0.15, 0.2) is 0 Å². The molecule has 3 aromatic rings. The second kappa shape index (κ2) is 9.31. The highest BCUT2D eigenvalue weighted by molar-refractivity contribution is 5.81. The van der Waals surface area contributed by atoms with E-state index >= 15 is 0 Å². The second-order valence-electron chi connectivity index (χ2n) is 9.18. The van der Waals surface area contributed by atoms with Gasteiger partial charge >= 0.3 is 0 Å². The number of hydrogen-bond donors (Lipinski definition) is 0. The van der Waals surface area contributed by atoms with Gasteiger partial charge in [-0.25, -0.2) is 0 Å². The molecule has 2 nitrogen and oxygen atoms in total. The van der Waals surface area contributed by atoms with Gasteiger partial charge < -0.3 is 9.47 Å². The molecule has 1 atom stereocenters. The number of aryl methyl sites for hydroxylation is 1. The molecule has 0 bridgehead atoms. The molecule has 0 aromatic heterocycles. The van der Waals surface area contributed by atoms with Crippen molar-refractivity contribution < 1.29 is 9.47 Å². The van der Waals surface area contributed by atoms with Crippen LogP contribution in [0.25, 0.3) is 11.1 Å². The van der Waals surface area contributed by atoms with E-state index < -0.39 is 0 Å². The lowest BCUT2D eigenvalue weighted by Gasteiger charge is -2.32. The lowest BCUT2D eigenvalue weighted by atomic mass is 9.73. The van der Waals surface area contributed by atoms with Gasteiger partial charge in [0, 0.05) is 5.92 Å². The Balaban J connectivity index is 1.91. The maximum absolute atomic E-state index is 5.72. The lowest BCUT2D eigenvalue weighted by Crippen LogP contribution is -2.17. The van der Waals surface area contributed by atoms with Crippen molar-refractivity contribution in [1.82, 2.24) is 0 Å². The Morgan fingerprint density at radius 1 is 0.939 bits per heavy atom. The summed E-state index contributed by atoms with van der Waals surface area (Å²) in [6.07, 6.45) is 1.87. The fourth-order valence-corrected chi connectivity index (χ4v) is 5.29. The highest BCUT2D eigenvalue weighted by atomic mass is 16.5. The molecule has 0 radical (unpaired) electrons. The highest BCUT2D eigenvalue weighted by Crippen LogP contribution is 2.45. The first kappa shape index (κ1) is 22.9. The van der Waals surface area contributed by atoms with Gasteiger partial charge in [-0.2, -0.15) is 0 Å². The SMILES string of the molecule is C=C(C)c1cccc(C)c1CC1=C(C)C(c2ccc(OC)cc2)Cc2ccc(OC)c(C)c21. The summed E-state index contributed by atoms with van der Waals surface area (Å²) in [4.78, 5) is 0. The topological polar surface area (TPSA) is 18.5 Å². The number of fused-ring (bicyclic) bond motifs is 1. The number of ether oxygens (including phenoxy) is 2. The minimum atomic E-state index is 0.337. The molecule has 1 aliphatic carbocycles. The number of rotatable bonds is 6. The van der Waals surface area contributed by atoms with Gasteiger partial charge in [-0.15, -0.1) is 0 Å². The third-order valence-corrected chi connectivity index (χ3v) is 7.19. The predicted molar refractivity (Wildman–Crippen MR) is 139 cm³/mol. The van der Waals surface area contributed by atoms with Crippen molar-refractivity contribution in [3.8, 4) is 11.5 Å². The molecular formula is C31H34O2. The predicted octanol–water partition coefficient (Wildman–Crippen LogP) is 7.71. The van der Waals surface area contributed by atoms with Gasteiger partial charge in [0.1, 0.15) is 11.5 Å². The fraction of sp³-hybridized carbons (Fsp3) is 0.290. The maximum Gasteiger partial charge on any atom is 0.122 e. The molecule has 0 heterocycles. The van der Waals surface area contributed by atoms with Crippen LogP contribution in [-0.2, 0) is 12.8 Å². The molecule has 0 spiro atoms. The Kier molecular flexibility index (Phi) is 6.47. The van der Waals surface area contributed by atoms with Crippen LogP contribution in [-0.4, -0.2) is 14.2 Å². The average molecular weight is 439 g/mol.